The second-order valence-corrected chi connectivity index (χ2v) is 11.4. The molecule has 3 saturated heterocycles. The molecule has 0 saturated carbocycles. The molecule has 7 rings (SSSR count). The summed E-state index contributed by atoms with van der Waals surface area (Å²) in [5.74, 6) is -0.560. The van der Waals surface area contributed by atoms with E-state index in [0.717, 1.165) is 51.6 Å². The Morgan fingerprint density at radius 2 is 1.85 bits per heavy atom. The van der Waals surface area contributed by atoms with Gasteiger partial charge in [-0.3, -0.25) is 14.7 Å². The van der Waals surface area contributed by atoms with Gasteiger partial charge >= 0.3 is 6.01 Å². The maximum atomic E-state index is 16.5. The zero-order valence-corrected chi connectivity index (χ0v) is 22.8. The average molecular weight is 559 g/mol. The van der Waals surface area contributed by atoms with Crippen LogP contribution in [0.4, 0.5) is 14.6 Å². The van der Waals surface area contributed by atoms with E-state index in [1.165, 1.54) is 6.07 Å². The number of anilines is 1. The van der Waals surface area contributed by atoms with Crippen molar-refractivity contribution in [1.29, 1.82) is 0 Å². The predicted molar refractivity (Wildman–Crippen MR) is 153 cm³/mol. The van der Waals surface area contributed by atoms with E-state index in [4.69, 9.17) is 9.72 Å². The van der Waals surface area contributed by atoms with Crippen LogP contribution in [0.25, 0.3) is 32.9 Å². The Labute approximate surface area is 236 Å². The monoisotopic (exact) mass is 558 g/mol. The van der Waals surface area contributed by atoms with Crippen molar-refractivity contribution < 1.29 is 18.3 Å². The number of amides is 1. The van der Waals surface area contributed by atoms with Gasteiger partial charge in [-0.25, -0.2) is 8.78 Å². The van der Waals surface area contributed by atoms with Crippen LogP contribution in [0.15, 0.2) is 42.6 Å². The zero-order valence-electron chi connectivity index (χ0n) is 22.8. The van der Waals surface area contributed by atoms with Crippen molar-refractivity contribution in [3.05, 3.63) is 54.2 Å². The molecular formula is C31H32F2N6O2. The van der Waals surface area contributed by atoms with E-state index < -0.39 is 11.6 Å². The highest BCUT2D eigenvalue weighted by Gasteiger charge is 2.45. The number of hydrogen-bond donors (Lipinski definition) is 1. The van der Waals surface area contributed by atoms with Crippen LogP contribution >= 0.6 is 0 Å². The van der Waals surface area contributed by atoms with Crippen LogP contribution in [0.1, 0.15) is 38.5 Å². The first kappa shape index (κ1) is 26.0. The smallest absolute Gasteiger partial charge is 0.319 e. The molecule has 2 aromatic carbocycles. The number of rotatable bonds is 7. The molecule has 10 heteroatoms. The Morgan fingerprint density at radius 1 is 1.05 bits per heavy atom. The number of ether oxygens (including phenoxy) is 1. The third-order valence-electron chi connectivity index (χ3n) is 9.06. The summed E-state index contributed by atoms with van der Waals surface area (Å²) in [5.41, 5.74) is 0.452. The number of nitrogens with one attached hydrogen (secondary N) is 1. The van der Waals surface area contributed by atoms with Gasteiger partial charge in [-0.1, -0.05) is 30.3 Å². The Bertz CT molecular complexity index is 1620. The molecule has 1 unspecified atom stereocenters. The first-order valence-electron chi connectivity index (χ1n) is 14.4. The fraction of sp³-hybridized carbons (Fsp3) is 0.419. The first-order chi connectivity index (χ1) is 20.1. The molecule has 1 atom stereocenters. The Kier molecular flexibility index (Phi) is 6.65. The lowest BCUT2D eigenvalue weighted by Crippen LogP contribution is -2.46. The molecule has 3 aliphatic rings. The van der Waals surface area contributed by atoms with Gasteiger partial charge in [-0.15, -0.1) is 0 Å². The summed E-state index contributed by atoms with van der Waals surface area (Å²) in [7, 11) is 0. The summed E-state index contributed by atoms with van der Waals surface area (Å²) in [4.78, 5) is 29.6. The van der Waals surface area contributed by atoms with Gasteiger partial charge in [0.05, 0.1) is 10.9 Å². The Morgan fingerprint density at radius 3 is 2.66 bits per heavy atom. The standard InChI is InChI=1S/C31H32F2N6O2/c32-24-10-2-7-20-6-1-9-22(25(20)24)27-26(33)28-23(16-34-27)29(38-13-3-8-21(17-38)35-19-40)37-30(36-28)41-18-31-11-4-14-39(31)15-5-12-31/h1-2,6-7,9-10,16,19,21H,3-5,8,11-15,17-18H2,(H,35,40). The second kappa shape index (κ2) is 10.5. The van der Waals surface area contributed by atoms with E-state index >= 15 is 4.39 Å². The molecule has 0 spiro atoms. The van der Waals surface area contributed by atoms with Crippen LogP contribution < -0.4 is 15.0 Å². The minimum Gasteiger partial charge on any atom is -0.461 e. The minimum atomic E-state index is -0.646. The zero-order chi connectivity index (χ0) is 28.0. The van der Waals surface area contributed by atoms with Crippen LogP contribution in [0.3, 0.4) is 0 Å². The van der Waals surface area contributed by atoms with E-state index in [0.29, 0.717) is 53.6 Å². The van der Waals surface area contributed by atoms with Gasteiger partial charge in [0.25, 0.3) is 0 Å². The van der Waals surface area contributed by atoms with E-state index in [9.17, 15) is 9.18 Å². The normalized spacial score (nSPS) is 20.4. The number of nitrogens with zero attached hydrogens (tertiary/aromatic N) is 5. The molecular weight excluding hydrogens is 526 g/mol. The summed E-state index contributed by atoms with van der Waals surface area (Å²) >= 11 is 0. The summed E-state index contributed by atoms with van der Waals surface area (Å²) < 4.78 is 37.7. The quantitative estimate of drug-likeness (QED) is 0.325. The van der Waals surface area contributed by atoms with Gasteiger partial charge in [0.2, 0.25) is 6.41 Å². The van der Waals surface area contributed by atoms with Gasteiger partial charge in [0.1, 0.15) is 29.5 Å². The maximum absolute atomic E-state index is 16.5. The van der Waals surface area contributed by atoms with Gasteiger partial charge < -0.3 is 15.0 Å². The minimum absolute atomic E-state index is 0.0228. The molecule has 3 fully saturated rings. The molecule has 1 N–H and O–H groups in total. The van der Waals surface area contributed by atoms with Crippen molar-refractivity contribution in [2.24, 2.45) is 0 Å². The molecule has 1 amide bonds. The summed E-state index contributed by atoms with van der Waals surface area (Å²) in [5, 5.41) is 4.30. The highest BCUT2D eigenvalue weighted by Crippen LogP contribution is 2.40. The first-order valence-corrected chi connectivity index (χ1v) is 14.4. The number of halogens is 2. The molecule has 0 bridgehead atoms. The van der Waals surface area contributed by atoms with E-state index in [1.54, 1.807) is 36.5 Å². The number of benzene rings is 2. The molecule has 2 aromatic heterocycles. The molecule has 0 radical (unpaired) electrons. The molecule has 5 heterocycles. The molecule has 41 heavy (non-hydrogen) atoms. The molecule has 0 aliphatic carbocycles. The lowest BCUT2D eigenvalue weighted by Gasteiger charge is -2.34. The number of pyridine rings is 1. The third-order valence-corrected chi connectivity index (χ3v) is 9.06. The number of fused-ring (bicyclic) bond motifs is 3. The van der Waals surface area contributed by atoms with Crippen LogP contribution in [-0.2, 0) is 4.79 Å². The number of carbonyl (C=O) groups excluding carboxylic acids is 1. The largest absolute Gasteiger partial charge is 0.461 e. The summed E-state index contributed by atoms with van der Waals surface area (Å²) in [6.07, 6.45) is 8.37. The fourth-order valence-corrected chi connectivity index (χ4v) is 7.07. The SMILES string of the molecule is O=CNC1CCCN(c2nc(OCC34CCCN3CCC4)nc3c(F)c(-c4cccc5cccc(F)c45)ncc23)C1. The fourth-order valence-electron chi connectivity index (χ4n) is 7.07. The number of hydrogen-bond acceptors (Lipinski definition) is 7. The summed E-state index contributed by atoms with van der Waals surface area (Å²) in [6.45, 7) is 3.80. The van der Waals surface area contributed by atoms with Crippen LogP contribution in [0, 0.1) is 11.6 Å². The van der Waals surface area contributed by atoms with E-state index in [2.05, 4.69) is 20.2 Å². The highest BCUT2D eigenvalue weighted by atomic mass is 19.1. The van der Waals surface area contributed by atoms with E-state index in [-0.39, 0.29) is 28.8 Å². The van der Waals surface area contributed by atoms with Crippen molar-refractivity contribution in [2.75, 3.05) is 37.7 Å². The van der Waals surface area contributed by atoms with Crippen molar-refractivity contribution in [3.63, 3.8) is 0 Å². The second-order valence-electron chi connectivity index (χ2n) is 11.4. The molecule has 212 valence electrons. The van der Waals surface area contributed by atoms with Gasteiger partial charge in [0.15, 0.2) is 5.82 Å². The molecule has 3 aliphatic heterocycles. The lowest BCUT2D eigenvalue weighted by atomic mass is 9.95. The number of carbonyl (C=O) groups is 1. The predicted octanol–water partition coefficient (Wildman–Crippen LogP) is 4.85. The van der Waals surface area contributed by atoms with Crippen LogP contribution in [0.5, 0.6) is 6.01 Å². The Balaban J connectivity index is 1.34. The highest BCUT2D eigenvalue weighted by molar-refractivity contribution is 5.99. The average Bonchev–Trinajstić information content (AvgIpc) is 3.57. The summed E-state index contributed by atoms with van der Waals surface area (Å²) in [6, 6.07) is 10.1. The topological polar surface area (TPSA) is 83.5 Å². The third kappa shape index (κ3) is 4.54. The molecule has 8 nitrogen and oxygen atoms in total. The number of piperidine rings is 1. The van der Waals surface area contributed by atoms with Crippen LogP contribution in [0.2, 0.25) is 0 Å². The van der Waals surface area contributed by atoms with Crippen LogP contribution in [-0.4, -0.2) is 70.6 Å². The van der Waals surface area contributed by atoms with Crippen molar-refractivity contribution in [3.8, 4) is 17.3 Å². The maximum Gasteiger partial charge on any atom is 0.319 e. The van der Waals surface area contributed by atoms with Gasteiger partial charge in [-0.2, -0.15) is 9.97 Å². The van der Waals surface area contributed by atoms with Crippen molar-refractivity contribution in [2.45, 2.75) is 50.1 Å². The molecule has 4 aromatic rings. The van der Waals surface area contributed by atoms with Crippen molar-refractivity contribution >= 4 is 33.9 Å². The van der Waals surface area contributed by atoms with Crippen molar-refractivity contribution in [1.82, 2.24) is 25.2 Å². The lowest BCUT2D eigenvalue weighted by molar-refractivity contribution is -0.110. The van der Waals surface area contributed by atoms with E-state index in [1.807, 2.05) is 4.90 Å². The Hall–Kier alpha value is -3.92. The van der Waals surface area contributed by atoms with Gasteiger partial charge in [0, 0.05) is 36.3 Å². The van der Waals surface area contributed by atoms with Gasteiger partial charge in [-0.05, 0) is 63.1 Å². The number of aromatic nitrogens is 3.